The highest BCUT2D eigenvalue weighted by Gasteiger charge is 2.16. The Kier molecular flexibility index (Phi) is 4.08. The largest absolute Gasteiger partial charge is 0.206 e. The summed E-state index contributed by atoms with van der Waals surface area (Å²) in [7, 11) is 0. The maximum atomic E-state index is 2.34. The molecule has 0 nitrogen and oxygen atoms in total. The molecule has 0 bridgehead atoms. The first-order valence-electron chi connectivity index (χ1n) is 7.46. The molecule has 0 fully saturated rings. The zero-order chi connectivity index (χ0) is 15.0. The van der Waals surface area contributed by atoms with Gasteiger partial charge in [-0.1, -0.05) is 42.0 Å². The molecule has 2 rings (SSSR count). The summed E-state index contributed by atoms with van der Waals surface area (Å²) in [5, 5.41) is 0. The molecule has 0 amide bonds. The van der Waals surface area contributed by atoms with E-state index in [4.69, 9.17) is 0 Å². The minimum absolute atomic E-state index is 0.450. The quantitative estimate of drug-likeness (QED) is 0.724. The Morgan fingerprint density at radius 1 is 0.550 bits per heavy atom. The predicted molar refractivity (Wildman–Crippen MR) is 92.2 cm³/mol. The molecule has 0 saturated carbocycles. The van der Waals surface area contributed by atoms with Gasteiger partial charge >= 0.3 is 0 Å². The molecule has 0 aliphatic rings. The van der Waals surface area contributed by atoms with E-state index in [9.17, 15) is 0 Å². The molecule has 2 aromatic carbocycles. The van der Waals surface area contributed by atoms with E-state index in [1.165, 1.54) is 44.3 Å². The van der Waals surface area contributed by atoms with Gasteiger partial charge < -0.3 is 0 Å². The number of hydrogen-bond donors (Lipinski definition) is 0. The number of aryl methyl sites for hydroxylation is 4. The maximum absolute atomic E-state index is 2.34. The number of benzene rings is 2. The van der Waals surface area contributed by atoms with E-state index >= 15 is 0 Å². The van der Waals surface area contributed by atoms with Crippen molar-refractivity contribution in [2.45, 2.75) is 48.4 Å². The van der Waals surface area contributed by atoms with Crippen LogP contribution in [0.15, 0.2) is 24.3 Å². The van der Waals surface area contributed by atoms with Crippen LogP contribution in [0.3, 0.4) is 0 Å². The summed E-state index contributed by atoms with van der Waals surface area (Å²) in [5.74, 6) is 0. The van der Waals surface area contributed by atoms with Gasteiger partial charge in [0.05, 0.1) is 0 Å². The van der Waals surface area contributed by atoms with Crippen LogP contribution in [0.4, 0.5) is 0 Å². The molecular weight excluding hydrogens is 239 g/mol. The smallest absolute Gasteiger partial charge is 0.0774 e. The van der Waals surface area contributed by atoms with E-state index in [0.717, 1.165) is 0 Å². The highest BCUT2D eigenvalue weighted by molar-refractivity contribution is 6.84. The topological polar surface area (TPSA) is 0 Å². The van der Waals surface area contributed by atoms with E-state index < -0.39 is 0 Å². The van der Waals surface area contributed by atoms with Crippen LogP contribution >= 0.6 is 0 Å². The lowest BCUT2D eigenvalue weighted by molar-refractivity contribution is 1.27. The minimum Gasteiger partial charge on any atom is -0.0774 e. The molecule has 2 aromatic rings. The fourth-order valence-corrected chi connectivity index (χ4v) is 2.83. The Balaban J connectivity index is 2.49. The lowest BCUT2D eigenvalue weighted by Gasteiger charge is -2.16. The molecular formula is C19H25B. The zero-order valence-electron chi connectivity index (χ0n) is 13.9. The summed E-state index contributed by atoms with van der Waals surface area (Å²) in [6.07, 6.45) is 0. The van der Waals surface area contributed by atoms with Crippen molar-refractivity contribution in [2.24, 2.45) is 0 Å². The fraction of sp³-hybridized carbons (Fsp3) is 0.368. The molecule has 0 aromatic heterocycles. The maximum Gasteiger partial charge on any atom is 0.206 e. The normalized spacial score (nSPS) is 10.8. The molecule has 20 heavy (non-hydrogen) atoms. The predicted octanol–water partition coefficient (Wildman–Crippen LogP) is 3.78. The van der Waals surface area contributed by atoms with Gasteiger partial charge in [-0.05, 0) is 74.9 Å². The Morgan fingerprint density at radius 2 is 0.800 bits per heavy atom. The summed E-state index contributed by atoms with van der Waals surface area (Å²) < 4.78 is 0. The lowest BCUT2D eigenvalue weighted by atomic mass is 9.42. The molecule has 0 saturated heterocycles. The standard InChI is InChI=1S/C19H25B/c1-12-8-18(9-13(2)16(12)5)20(7)19-10-14(3)17(6)15(4)11-19/h8-11H,1-7H3. The fourth-order valence-electron chi connectivity index (χ4n) is 2.83. The van der Waals surface area contributed by atoms with Crippen molar-refractivity contribution < 1.29 is 0 Å². The molecule has 0 radical (unpaired) electrons. The number of hydrogen-bond acceptors (Lipinski definition) is 0. The van der Waals surface area contributed by atoms with Gasteiger partial charge in [-0.15, -0.1) is 0 Å². The highest BCUT2D eigenvalue weighted by Crippen LogP contribution is 2.13. The first kappa shape index (κ1) is 14.9. The molecule has 0 unspecified atom stereocenters. The van der Waals surface area contributed by atoms with Crippen LogP contribution in [0.2, 0.25) is 6.82 Å². The first-order valence-corrected chi connectivity index (χ1v) is 7.46. The van der Waals surface area contributed by atoms with Crippen molar-refractivity contribution >= 4 is 17.6 Å². The molecule has 0 N–H and O–H groups in total. The number of rotatable bonds is 2. The van der Waals surface area contributed by atoms with Gasteiger partial charge in [0.15, 0.2) is 0 Å². The van der Waals surface area contributed by atoms with E-state index in [1.54, 1.807) is 0 Å². The molecule has 0 heterocycles. The van der Waals surface area contributed by atoms with Crippen LogP contribution in [0, 0.1) is 41.5 Å². The lowest BCUT2D eigenvalue weighted by Crippen LogP contribution is -2.40. The summed E-state index contributed by atoms with van der Waals surface area (Å²) in [6.45, 7) is 16.0. The second-order valence-electron chi connectivity index (χ2n) is 6.28. The molecule has 0 atom stereocenters. The van der Waals surface area contributed by atoms with Gasteiger partial charge in [-0.2, -0.15) is 0 Å². The molecule has 0 spiro atoms. The van der Waals surface area contributed by atoms with E-state index in [0.29, 0.717) is 6.71 Å². The minimum atomic E-state index is 0.450. The van der Waals surface area contributed by atoms with Crippen LogP contribution in [0.5, 0.6) is 0 Å². The second kappa shape index (κ2) is 5.48. The monoisotopic (exact) mass is 264 g/mol. The van der Waals surface area contributed by atoms with E-state index in [1.807, 2.05) is 0 Å². The SMILES string of the molecule is CB(c1cc(C)c(C)c(C)c1)c1cc(C)c(C)c(C)c1. The Labute approximate surface area is 124 Å². The molecule has 0 aliphatic carbocycles. The summed E-state index contributed by atoms with van der Waals surface area (Å²) in [6, 6.07) is 9.38. The van der Waals surface area contributed by atoms with Gasteiger partial charge in [0.25, 0.3) is 0 Å². The Bertz CT molecular complexity index is 549. The van der Waals surface area contributed by atoms with Crippen LogP contribution in [-0.4, -0.2) is 6.71 Å². The third-order valence-corrected chi connectivity index (χ3v) is 4.90. The van der Waals surface area contributed by atoms with Gasteiger partial charge in [-0.3, -0.25) is 0 Å². The zero-order valence-corrected chi connectivity index (χ0v) is 13.9. The van der Waals surface area contributed by atoms with Crippen molar-refractivity contribution in [2.75, 3.05) is 0 Å². The summed E-state index contributed by atoms with van der Waals surface area (Å²) in [4.78, 5) is 0. The van der Waals surface area contributed by atoms with Crippen LogP contribution in [0.1, 0.15) is 33.4 Å². The van der Waals surface area contributed by atoms with E-state index in [2.05, 4.69) is 72.6 Å². The summed E-state index contributed by atoms with van der Waals surface area (Å²) in [5.41, 5.74) is 11.3. The molecule has 1 heteroatoms. The third-order valence-electron chi connectivity index (χ3n) is 4.90. The van der Waals surface area contributed by atoms with Crippen molar-refractivity contribution in [3.05, 3.63) is 57.6 Å². The van der Waals surface area contributed by atoms with Crippen molar-refractivity contribution in [1.82, 2.24) is 0 Å². The Morgan fingerprint density at radius 3 is 1.05 bits per heavy atom. The van der Waals surface area contributed by atoms with E-state index in [-0.39, 0.29) is 0 Å². The summed E-state index contributed by atoms with van der Waals surface area (Å²) >= 11 is 0. The van der Waals surface area contributed by atoms with Gasteiger partial charge in [-0.25, -0.2) is 0 Å². The van der Waals surface area contributed by atoms with Crippen molar-refractivity contribution in [3.8, 4) is 0 Å². The van der Waals surface area contributed by atoms with Crippen molar-refractivity contribution in [1.29, 1.82) is 0 Å². The Hall–Kier alpha value is -1.50. The van der Waals surface area contributed by atoms with Crippen LogP contribution in [-0.2, 0) is 0 Å². The molecule has 0 aliphatic heterocycles. The van der Waals surface area contributed by atoms with Gasteiger partial charge in [0.2, 0.25) is 6.71 Å². The average molecular weight is 264 g/mol. The van der Waals surface area contributed by atoms with Gasteiger partial charge in [0.1, 0.15) is 0 Å². The van der Waals surface area contributed by atoms with Crippen LogP contribution in [0.25, 0.3) is 0 Å². The van der Waals surface area contributed by atoms with Crippen LogP contribution < -0.4 is 10.9 Å². The first-order chi connectivity index (χ1) is 9.31. The van der Waals surface area contributed by atoms with Crippen molar-refractivity contribution in [3.63, 3.8) is 0 Å². The highest BCUT2D eigenvalue weighted by atomic mass is 14.1. The average Bonchev–Trinajstić information content (AvgIpc) is 2.40. The second-order valence-corrected chi connectivity index (χ2v) is 6.28. The third kappa shape index (κ3) is 2.68. The molecule has 104 valence electrons. The van der Waals surface area contributed by atoms with Gasteiger partial charge in [0, 0.05) is 0 Å².